The standard InChI is InChI=1S/C19H23FN4/c1-2-3-14-4-5-17-16(21-14)6-7-18(22-17)24-11-8-15(12-24)23-19(13-20)9-10-19/h2-7,15,23H,8-13H2,1H3/b3-2+. The largest absolute Gasteiger partial charge is 0.355 e. The maximum atomic E-state index is 13.1. The minimum Gasteiger partial charge on any atom is -0.355 e. The van der Waals surface area contributed by atoms with Gasteiger partial charge in [-0.3, -0.25) is 0 Å². The Kier molecular flexibility index (Phi) is 3.96. The van der Waals surface area contributed by atoms with E-state index in [1.807, 2.05) is 43.3 Å². The van der Waals surface area contributed by atoms with E-state index in [0.717, 1.165) is 54.9 Å². The average Bonchev–Trinajstić information content (AvgIpc) is 3.23. The summed E-state index contributed by atoms with van der Waals surface area (Å²) in [6, 6.07) is 8.45. The third kappa shape index (κ3) is 3.00. The van der Waals surface area contributed by atoms with Gasteiger partial charge in [0.1, 0.15) is 12.5 Å². The van der Waals surface area contributed by atoms with E-state index in [-0.39, 0.29) is 12.2 Å². The molecular formula is C19H23FN4. The van der Waals surface area contributed by atoms with Gasteiger partial charge in [0.2, 0.25) is 0 Å². The molecule has 126 valence electrons. The number of rotatable bonds is 5. The van der Waals surface area contributed by atoms with E-state index >= 15 is 0 Å². The van der Waals surface area contributed by atoms with E-state index in [9.17, 15) is 4.39 Å². The Bertz CT molecular complexity index is 769. The second kappa shape index (κ2) is 6.13. The summed E-state index contributed by atoms with van der Waals surface area (Å²) in [6.45, 7) is 3.59. The molecule has 2 aromatic rings. The zero-order chi connectivity index (χ0) is 16.6. The first kappa shape index (κ1) is 15.5. The number of alkyl halides is 1. The predicted octanol–water partition coefficient (Wildman–Crippen LogP) is 3.33. The van der Waals surface area contributed by atoms with E-state index in [4.69, 9.17) is 4.98 Å². The van der Waals surface area contributed by atoms with Crippen LogP contribution in [0.2, 0.25) is 0 Å². The second-order valence-electron chi connectivity index (χ2n) is 6.93. The fourth-order valence-corrected chi connectivity index (χ4v) is 3.44. The smallest absolute Gasteiger partial charge is 0.129 e. The summed E-state index contributed by atoms with van der Waals surface area (Å²) in [4.78, 5) is 11.6. The SMILES string of the molecule is C/C=C/c1ccc2nc(N3CCC(NC4(CF)CC4)C3)ccc2n1. The minimum atomic E-state index is -0.252. The van der Waals surface area contributed by atoms with Crippen LogP contribution >= 0.6 is 0 Å². The molecule has 24 heavy (non-hydrogen) atoms. The Morgan fingerprint density at radius 1 is 1.25 bits per heavy atom. The highest BCUT2D eigenvalue weighted by Crippen LogP contribution is 2.37. The Morgan fingerprint density at radius 2 is 2.04 bits per heavy atom. The molecule has 3 heterocycles. The highest BCUT2D eigenvalue weighted by molar-refractivity contribution is 5.77. The first-order valence-corrected chi connectivity index (χ1v) is 8.70. The number of hydrogen-bond donors (Lipinski definition) is 1. The van der Waals surface area contributed by atoms with Gasteiger partial charge in [-0.15, -0.1) is 0 Å². The number of hydrogen-bond acceptors (Lipinski definition) is 4. The van der Waals surface area contributed by atoms with Crippen LogP contribution in [0.15, 0.2) is 30.3 Å². The molecule has 0 amide bonds. The lowest BCUT2D eigenvalue weighted by atomic mass is 10.2. The summed E-state index contributed by atoms with van der Waals surface area (Å²) in [5.74, 6) is 0.984. The van der Waals surface area contributed by atoms with Crippen LogP contribution in [0.3, 0.4) is 0 Å². The summed E-state index contributed by atoms with van der Waals surface area (Å²) in [7, 11) is 0. The number of aromatic nitrogens is 2. The second-order valence-corrected chi connectivity index (χ2v) is 6.93. The monoisotopic (exact) mass is 326 g/mol. The van der Waals surface area contributed by atoms with Crippen molar-refractivity contribution in [2.75, 3.05) is 24.7 Å². The molecule has 1 aliphatic carbocycles. The van der Waals surface area contributed by atoms with Gasteiger partial charge < -0.3 is 10.2 Å². The van der Waals surface area contributed by atoms with E-state index in [1.165, 1.54) is 0 Å². The lowest BCUT2D eigenvalue weighted by molar-refractivity contribution is 0.332. The summed E-state index contributed by atoms with van der Waals surface area (Å²) in [5.41, 5.74) is 2.56. The van der Waals surface area contributed by atoms with Gasteiger partial charge in [-0.1, -0.05) is 6.08 Å². The van der Waals surface area contributed by atoms with E-state index in [2.05, 4.69) is 15.2 Å². The summed E-state index contributed by atoms with van der Waals surface area (Å²) >= 11 is 0. The van der Waals surface area contributed by atoms with Crippen molar-refractivity contribution in [3.63, 3.8) is 0 Å². The summed E-state index contributed by atoms with van der Waals surface area (Å²) in [6.07, 6.45) is 6.95. The molecule has 2 aromatic heterocycles. The van der Waals surface area contributed by atoms with Crippen molar-refractivity contribution in [2.24, 2.45) is 0 Å². The van der Waals surface area contributed by atoms with Crippen LogP contribution in [0.5, 0.6) is 0 Å². The first-order chi connectivity index (χ1) is 11.7. The highest BCUT2D eigenvalue weighted by atomic mass is 19.1. The van der Waals surface area contributed by atoms with Crippen molar-refractivity contribution in [3.8, 4) is 0 Å². The van der Waals surface area contributed by atoms with Gasteiger partial charge in [-0.05, 0) is 56.5 Å². The molecule has 1 saturated heterocycles. The third-order valence-corrected chi connectivity index (χ3v) is 5.02. The first-order valence-electron chi connectivity index (χ1n) is 8.70. The number of fused-ring (bicyclic) bond motifs is 1. The van der Waals surface area contributed by atoms with Crippen LogP contribution in [-0.2, 0) is 0 Å². The maximum Gasteiger partial charge on any atom is 0.129 e. The molecule has 1 aliphatic heterocycles. The van der Waals surface area contributed by atoms with Crippen LogP contribution in [0, 0.1) is 0 Å². The van der Waals surface area contributed by atoms with Crippen LogP contribution in [0.4, 0.5) is 10.2 Å². The van der Waals surface area contributed by atoms with E-state index in [1.54, 1.807) is 0 Å². The number of anilines is 1. The molecule has 4 nitrogen and oxygen atoms in total. The summed E-state index contributed by atoms with van der Waals surface area (Å²) in [5, 5.41) is 3.51. The lowest BCUT2D eigenvalue weighted by Crippen LogP contribution is -2.43. The van der Waals surface area contributed by atoms with E-state index in [0.29, 0.717) is 6.04 Å². The maximum absolute atomic E-state index is 13.1. The van der Waals surface area contributed by atoms with Crippen molar-refractivity contribution in [2.45, 2.75) is 37.8 Å². The fraction of sp³-hybridized carbons (Fsp3) is 0.474. The molecule has 0 aromatic carbocycles. The molecule has 1 N–H and O–H groups in total. The molecular weight excluding hydrogens is 303 g/mol. The van der Waals surface area contributed by atoms with Gasteiger partial charge in [0.15, 0.2) is 0 Å². The van der Waals surface area contributed by atoms with Crippen molar-refractivity contribution >= 4 is 22.9 Å². The van der Waals surface area contributed by atoms with E-state index < -0.39 is 0 Å². The van der Waals surface area contributed by atoms with Crippen molar-refractivity contribution < 1.29 is 4.39 Å². The van der Waals surface area contributed by atoms with Crippen LogP contribution in [0.25, 0.3) is 17.1 Å². The molecule has 4 rings (SSSR count). The van der Waals surface area contributed by atoms with Gasteiger partial charge in [0.25, 0.3) is 0 Å². The molecule has 0 bridgehead atoms. The summed E-state index contributed by atoms with van der Waals surface area (Å²) < 4.78 is 13.1. The molecule has 1 atom stereocenters. The lowest BCUT2D eigenvalue weighted by Gasteiger charge is -2.21. The Balaban J connectivity index is 1.49. The minimum absolute atomic E-state index is 0.218. The quantitative estimate of drug-likeness (QED) is 0.915. The molecule has 2 aliphatic rings. The highest BCUT2D eigenvalue weighted by Gasteiger charge is 2.45. The average molecular weight is 326 g/mol. The molecule has 1 saturated carbocycles. The number of halogens is 1. The fourth-order valence-electron chi connectivity index (χ4n) is 3.44. The number of pyridine rings is 2. The van der Waals surface area contributed by atoms with Gasteiger partial charge >= 0.3 is 0 Å². The van der Waals surface area contributed by atoms with Crippen molar-refractivity contribution in [1.82, 2.24) is 15.3 Å². The number of allylic oxidation sites excluding steroid dienone is 1. The molecule has 1 unspecified atom stereocenters. The Hall–Kier alpha value is -2.01. The zero-order valence-electron chi connectivity index (χ0n) is 14.0. The predicted molar refractivity (Wildman–Crippen MR) is 95.9 cm³/mol. The number of nitrogens with one attached hydrogen (secondary N) is 1. The molecule has 0 radical (unpaired) electrons. The molecule has 5 heteroatoms. The zero-order valence-corrected chi connectivity index (χ0v) is 14.0. The normalized spacial score (nSPS) is 22.6. The van der Waals surface area contributed by atoms with Gasteiger partial charge in [0, 0.05) is 24.7 Å². The molecule has 2 fully saturated rings. The van der Waals surface area contributed by atoms with Crippen LogP contribution in [0.1, 0.15) is 31.9 Å². The number of nitrogens with zero attached hydrogens (tertiary/aromatic N) is 3. The topological polar surface area (TPSA) is 41.1 Å². The molecule has 0 spiro atoms. The van der Waals surface area contributed by atoms with Crippen molar-refractivity contribution in [3.05, 3.63) is 36.0 Å². The van der Waals surface area contributed by atoms with Crippen LogP contribution in [-0.4, -0.2) is 41.3 Å². The third-order valence-electron chi connectivity index (χ3n) is 5.02. The Labute approximate surface area is 141 Å². The Morgan fingerprint density at radius 3 is 2.79 bits per heavy atom. The van der Waals surface area contributed by atoms with Gasteiger partial charge in [-0.2, -0.15) is 0 Å². The van der Waals surface area contributed by atoms with Crippen LogP contribution < -0.4 is 10.2 Å². The van der Waals surface area contributed by atoms with Gasteiger partial charge in [0.05, 0.1) is 16.7 Å². The van der Waals surface area contributed by atoms with Gasteiger partial charge in [-0.25, -0.2) is 14.4 Å². The van der Waals surface area contributed by atoms with Crippen molar-refractivity contribution in [1.29, 1.82) is 0 Å².